The molecule has 24 heteroatoms. The van der Waals surface area contributed by atoms with Crippen LogP contribution in [0.5, 0.6) is 0 Å². The fourth-order valence-electron chi connectivity index (χ4n) is 12.2. The molecule has 4 heterocycles. The molecule has 0 spiro atoms. The third-order valence-electron chi connectivity index (χ3n) is 16.1. The van der Waals surface area contributed by atoms with Gasteiger partial charge in [-0.05, 0) is 182 Å². The van der Waals surface area contributed by atoms with E-state index in [9.17, 15) is 53.7 Å². The Morgan fingerprint density at radius 1 is 0.371 bits per heavy atom. The molecule has 2 N–H and O–H groups in total. The molecule has 0 radical (unpaired) electrons. The van der Waals surface area contributed by atoms with Gasteiger partial charge >= 0.3 is 125 Å². The molecule has 4 fully saturated rings. The van der Waals surface area contributed by atoms with E-state index in [0.29, 0.717) is 56.6 Å². The Balaban J connectivity index is 0.000000638. The zero-order chi connectivity index (χ0) is 68.8. The van der Waals surface area contributed by atoms with Gasteiger partial charge in [0, 0.05) is 50.1 Å². The van der Waals surface area contributed by atoms with Crippen molar-refractivity contribution in [1.82, 2.24) is 19.6 Å². The first-order chi connectivity index (χ1) is 43.7. The van der Waals surface area contributed by atoms with E-state index in [2.05, 4.69) is 0 Å². The number of nitrogens with zero attached hydrogens (tertiary/aromatic N) is 4. The third kappa shape index (κ3) is 29.1. The summed E-state index contributed by atoms with van der Waals surface area (Å²) >= 11 is 0. The van der Waals surface area contributed by atoms with E-state index in [-0.39, 0.29) is 118 Å². The summed E-state index contributed by atoms with van der Waals surface area (Å²) in [5.41, 5.74) is 0.536. The number of hydrogen-bond acceptors (Lipinski definition) is 16. The van der Waals surface area contributed by atoms with E-state index in [1.807, 2.05) is 102 Å². The number of carboxylic acids is 3. The monoisotopic (exact) mass is 1370 g/mol. The van der Waals surface area contributed by atoms with E-state index in [4.69, 9.17) is 23.7 Å². The maximum atomic E-state index is 12.6. The standard InChI is InChI=1S/C19H27NO4.3C18H25NO4.3Na.H2O/c1-19(2,3)24-18(22)20-13-9-8-12-15(20)16(17(21)23-4)14-10-6-5-7-11-14;3*1-18(2,3)23-17(22)19-12-8-7-11-14(19)15(16(20)21)13-9-5-4-6-10-13;;;;/h5-7,10-11,15-16H,8-9,12-13H2,1-4H3;3*4-6,9-10,14-15H,7-8,11-12H2,1-3H3,(H,20,21);;;;1H2/q;;;;3*+1;/p-3. The van der Waals surface area contributed by atoms with Gasteiger partial charge in [0.25, 0.3) is 0 Å². The Bertz CT molecular complexity index is 2810. The fourth-order valence-corrected chi connectivity index (χ4v) is 12.2. The quantitative estimate of drug-likeness (QED) is 0.121. The van der Waals surface area contributed by atoms with Crippen molar-refractivity contribution in [2.45, 2.75) is 230 Å². The Kier molecular flexibility index (Phi) is 39.0. The first kappa shape index (κ1) is 89.8. The van der Waals surface area contributed by atoms with Gasteiger partial charge in [0.2, 0.25) is 0 Å². The number of benzene rings is 4. The molecule has 8 rings (SSSR count). The van der Waals surface area contributed by atoms with E-state index in [1.165, 1.54) is 7.11 Å². The van der Waals surface area contributed by atoms with E-state index in [1.54, 1.807) is 122 Å². The summed E-state index contributed by atoms with van der Waals surface area (Å²) in [6, 6.07) is 35.1. The predicted molar refractivity (Wildman–Crippen MR) is 351 cm³/mol. The largest absolute Gasteiger partial charge is 1.00 e. The minimum absolute atomic E-state index is 0. The molecular weight excluding hydrogens is 1270 g/mol. The number of hydrogen-bond donors (Lipinski definition) is 1. The van der Waals surface area contributed by atoms with Crippen LogP contribution in [0.1, 0.15) is 206 Å². The Labute approximate surface area is 640 Å². The molecule has 4 aliphatic rings. The number of esters is 1. The minimum atomic E-state index is -1.16. The maximum Gasteiger partial charge on any atom is 1.00 e. The number of aliphatic carboxylic acids is 3. The molecule has 4 aromatic carbocycles. The molecule has 21 nitrogen and oxygen atoms in total. The second-order valence-corrected chi connectivity index (χ2v) is 28.0. The molecule has 0 saturated carbocycles. The van der Waals surface area contributed by atoms with Gasteiger partial charge in [0.15, 0.2) is 0 Å². The van der Waals surface area contributed by atoms with Crippen LogP contribution in [0.25, 0.3) is 0 Å². The topological polar surface area (TPSA) is 292 Å². The predicted octanol–water partition coefficient (Wildman–Crippen LogP) is 2.83. The van der Waals surface area contributed by atoms with Crippen molar-refractivity contribution >= 4 is 48.3 Å². The van der Waals surface area contributed by atoms with Crippen LogP contribution in [-0.4, -0.2) is 158 Å². The SMILES string of the molecule is CC(C)(C)OC(=O)N1CCCCC1C(C(=O)O)c1ccccc1.CC(C)(C)OC(=O)N1CCCCC1C(C(=O)[O-])c1ccccc1.CC(C)(C)OC(=O)N1CCCCC1C(C(=O)[O-])c1ccccc1.COC(=O)C(c1ccccc1)C1CCCCN1C(=O)OC(C)(C)C.[Na+].[Na+].[Na+].[OH-]. The van der Waals surface area contributed by atoms with Gasteiger partial charge in [-0.1, -0.05) is 121 Å². The van der Waals surface area contributed by atoms with Gasteiger partial charge in [-0.25, -0.2) is 19.2 Å². The minimum Gasteiger partial charge on any atom is -0.870 e. The fraction of sp³-hybridized carbons (Fsp3) is 0.562. The average Bonchev–Trinajstić information content (AvgIpc) is 0.834. The van der Waals surface area contributed by atoms with Crippen LogP contribution in [0.2, 0.25) is 0 Å². The number of carboxylic acid groups (broad SMARTS) is 3. The summed E-state index contributed by atoms with van der Waals surface area (Å²) < 4.78 is 26.9. The molecule has 0 aliphatic carbocycles. The van der Waals surface area contributed by atoms with Crippen LogP contribution >= 0.6 is 0 Å². The summed E-state index contributed by atoms with van der Waals surface area (Å²) in [5.74, 6) is -6.45. The normalized spacial score (nSPS) is 19.0. The van der Waals surface area contributed by atoms with Crippen molar-refractivity contribution in [3.8, 4) is 0 Å². The number of ether oxygens (including phenoxy) is 5. The smallest absolute Gasteiger partial charge is 0.870 e. The average molecular weight is 1380 g/mol. The molecule has 4 aliphatic heterocycles. The van der Waals surface area contributed by atoms with Gasteiger partial charge in [0.1, 0.15) is 34.2 Å². The van der Waals surface area contributed by atoms with Crippen molar-refractivity contribution in [3.05, 3.63) is 144 Å². The van der Waals surface area contributed by atoms with Gasteiger partial charge in [0.05, 0.1) is 31.1 Å². The van der Waals surface area contributed by atoms with E-state index >= 15 is 0 Å². The molecule has 8 unspecified atom stereocenters. The Morgan fingerprint density at radius 3 is 0.784 bits per heavy atom. The molecule has 4 saturated heterocycles. The van der Waals surface area contributed by atoms with Crippen LogP contribution in [0.15, 0.2) is 121 Å². The molecule has 4 aromatic rings. The molecule has 0 bridgehead atoms. The molecule has 0 aromatic heterocycles. The molecule has 97 heavy (non-hydrogen) atoms. The summed E-state index contributed by atoms with van der Waals surface area (Å²) in [6.45, 7) is 24.0. The number of methoxy groups -OCH3 is 1. The van der Waals surface area contributed by atoms with Crippen LogP contribution < -0.4 is 98.9 Å². The summed E-state index contributed by atoms with van der Waals surface area (Å²) in [4.78, 5) is 104. The zero-order valence-corrected chi connectivity index (χ0v) is 66.3. The molecular formula is C73H101N4Na3O17. The van der Waals surface area contributed by atoms with Crippen LogP contribution in [-0.2, 0) is 42.9 Å². The number of rotatable bonds is 12. The summed E-state index contributed by atoms with van der Waals surface area (Å²) in [7, 11) is 1.39. The number of carbonyl (C=O) groups is 8. The van der Waals surface area contributed by atoms with Gasteiger partial charge in [-0.3, -0.25) is 9.59 Å². The van der Waals surface area contributed by atoms with Crippen LogP contribution in [0.4, 0.5) is 19.2 Å². The molecule has 8 atom stereocenters. The second kappa shape index (κ2) is 42.2. The van der Waals surface area contributed by atoms with Crippen LogP contribution in [0.3, 0.4) is 0 Å². The van der Waals surface area contributed by atoms with Crippen molar-refractivity contribution in [2.75, 3.05) is 33.3 Å². The van der Waals surface area contributed by atoms with Gasteiger partial charge in [-0.15, -0.1) is 0 Å². The van der Waals surface area contributed by atoms with Crippen molar-refractivity contribution in [3.63, 3.8) is 0 Å². The van der Waals surface area contributed by atoms with Crippen molar-refractivity contribution in [2.24, 2.45) is 0 Å². The molecule has 4 amide bonds. The first-order valence-corrected chi connectivity index (χ1v) is 32.6. The number of amides is 4. The number of carbonyl (C=O) groups excluding carboxylic acids is 7. The van der Waals surface area contributed by atoms with Crippen LogP contribution in [0, 0.1) is 0 Å². The Hall–Kier alpha value is -5.20. The maximum absolute atomic E-state index is 12.6. The zero-order valence-electron chi connectivity index (χ0n) is 60.3. The second-order valence-electron chi connectivity index (χ2n) is 28.0. The third-order valence-corrected chi connectivity index (χ3v) is 16.1. The van der Waals surface area contributed by atoms with E-state index < -0.39 is 94.3 Å². The molecule has 518 valence electrons. The summed E-state index contributed by atoms with van der Waals surface area (Å²) in [6.07, 6.45) is 8.16. The van der Waals surface area contributed by atoms with Gasteiger partial charge < -0.3 is 73.7 Å². The van der Waals surface area contributed by atoms with E-state index in [0.717, 1.165) is 68.9 Å². The summed E-state index contributed by atoms with van der Waals surface area (Å²) in [5, 5.41) is 33.3. The number of piperidine rings is 4. The first-order valence-electron chi connectivity index (χ1n) is 32.6. The Morgan fingerprint density at radius 2 is 0.577 bits per heavy atom. The van der Waals surface area contributed by atoms with Gasteiger partial charge in [-0.2, -0.15) is 0 Å². The number of likely N-dealkylation sites (tertiary alicyclic amines) is 4. The van der Waals surface area contributed by atoms with Crippen molar-refractivity contribution in [1.29, 1.82) is 0 Å². The van der Waals surface area contributed by atoms with Crippen molar-refractivity contribution < 1.29 is 172 Å².